The van der Waals surface area contributed by atoms with Gasteiger partial charge in [0.15, 0.2) is 0 Å². The van der Waals surface area contributed by atoms with Gasteiger partial charge in [-0.3, -0.25) is 9.48 Å². The monoisotopic (exact) mass is 470 g/mol. The highest BCUT2D eigenvalue weighted by Gasteiger charge is 2.30. The Bertz CT molecular complexity index is 1270. The lowest BCUT2D eigenvalue weighted by molar-refractivity contribution is 0.0950. The zero-order valence-corrected chi connectivity index (χ0v) is 19.5. The van der Waals surface area contributed by atoms with Crippen molar-refractivity contribution in [2.45, 2.75) is 44.7 Å². The van der Waals surface area contributed by atoms with Crippen molar-refractivity contribution in [1.82, 2.24) is 19.4 Å². The van der Waals surface area contributed by atoms with Crippen LogP contribution < -0.4 is 5.32 Å². The van der Waals surface area contributed by atoms with E-state index in [-0.39, 0.29) is 12.1 Å². The molecule has 2 aromatic carbocycles. The first-order valence-corrected chi connectivity index (χ1v) is 12.4. The summed E-state index contributed by atoms with van der Waals surface area (Å²) in [6.45, 7) is 5.42. The van der Waals surface area contributed by atoms with Crippen LogP contribution in [-0.2, 0) is 23.1 Å². The molecule has 0 atom stereocenters. The van der Waals surface area contributed by atoms with Crippen LogP contribution in [0.2, 0.25) is 0 Å². The van der Waals surface area contributed by atoms with Crippen molar-refractivity contribution in [2.75, 3.05) is 13.1 Å². The quantitative estimate of drug-likeness (QED) is 0.574. The molecule has 7 nitrogen and oxygen atoms in total. The van der Waals surface area contributed by atoms with Gasteiger partial charge in [-0.25, -0.2) is 12.8 Å². The van der Waals surface area contributed by atoms with Crippen LogP contribution in [0.3, 0.4) is 0 Å². The van der Waals surface area contributed by atoms with Crippen molar-refractivity contribution in [1.29, 1.82) is 0 Å². The number of benzene rings is 2. The fraction of sp³-hybridized carbons (Fsp3) is 0.333. The summed E-state index contributed by atoms with van der Waals surface area (Å²) in [4.78, 5) is 12.3. The number of hydrogen-bond acceptors (Lipinski definition) is 4. The van der Waals surface area contributed by atoms with Crippen molar-refractivity contribution < 1.29 is 17.6 Å². The van der Waals surface area contributed by atoms with Gasteiger partial charge in [-0.2, -0.15) is 9.40 Å². The van der Waals surface area contributed by atoms with E-state index in [1.54, 1.807) is 0 Å². The molecule has 1 aliphatic rings. The maximum Gasteiger partial charge on any atom is 0.251 e. The highest BCUT2D eigenvalue weighted by molar-refractivity contribution is 7.89. The van der Waals surface area contributed by atoms with Gasteiger partial charge in [0.1, 0.15) is 10.7 Å². The molecule has 1 amide bonds. The molecule has 33 heavy (non-hydrogen) atoms. The Kier molecular flexibility index (Phi) is 6.62. The molecule has 0 aliphatic carbocycles. The number of halogens is 1. The van der Waals surface area contributed by atoms with Crippen molar-refractivity contribution in [3.05, 3.63) is 82.4 Å². The zero-order chi connectivity index (χ0) is 23.6. The number of rotatable bonds is 7. The van der Waals surface area contributed by atoms with E-state index in [0.717, 1.165) is 47.5 Å². The summed E-state index contributed by atoms with van der Waals surface area (Å²) in [6, 6.07) is 13.4. The molecule has 1 aliphatic heterocycles. The van der Waals surface area contributed by atoms with Gasteiger partial charge in [0.25, 0.3) is 5.91 Å². The van der Waals surface area contributed by atoms with E-state index in [4.69, 9.17) is 0 Å². The standard InChI is InChI=1S/C24H27FN4O3S/c1-17-21(18(2)29(27-17)16-19-8-4-3-5-9-19)15-26-24(30)20-10-11-22(25)23(14-20)33(31,32)28-12-6-7-13-28/h3-5,8-11,14H,6-7,12-13,15-16H2,1-2H3,(H,26,30). The molecular weight excluding hydrogens is 443 g/mol. The summed E-state index contributed by atoms with van der Waals surface area (Å²) < 4.78 is 43.1. The number of sulfonamides is 1. The molecule has 4 rings (SSSR count). The molecular formula is C24H27FN4O3S. The van der Waals surface area contributed by atoms with Crippen molar-refractivity contribution >= 4 is 15.9 Å². The summed E-state index contributed by atoms with van der Waals surface area (Å²) in [6.07, 6.45) is 1.50. The SMILES string of the molecule is Cc1nn(Cc2ccccc2)c(C)c1CNC(=O)c1ccc(F)c(S(=O)(=O)N2CCCC2)c1. The Balaban J connectivity index is 1.49. The number of aryl methyl sites for hydroxylation is 1. The third kappa shape index (κ3) is 4.84. The highest BCUT2D eigenvalue weighted by Crippen LogP contribution is 2.24. The first-order chi connectivity index (χ1) is 15.8. The Hall–Kier alpha value is -3.04. The van der Waals surface area contributed by atoms with E-state index < -0.39 is 26.6 Å². The molecule has 0 bridgehead atoms. The predicted octanol–water partition coefficient (Wildman–Crippen LogP) is 3.40. The number of aromatic nitrogens is 2. The summed E-state index contributed by atoms with van der Waals surface area (Å²) >= 11 is 0. The van der Waals surface area contributed by atoms with Crippen LogP contribution in [0.25, 0.3) is 0 Å². The van der Waals surface area contributed by atoms with Gasteiger partial charge >= 0.3 is 0 Å². The maximum absolute atomic E-state index is 14.4. The normalized spacial score (nSPS) is 14.5. The minimum absolute atomic E-state index is 0.0983. The summed E-state index contributed by atoms with van der Waals surface area (Å²) in [5, 5.41) is 7.41. The first-order valence-electron chi connectivity index (χ1n) is 10.9. The van der Waals surface area contributed by atoms with Crippen LogP contribution in [0.15, 0.2) is 53.4 Å². The number of carbonyl (C=O) groups is 1. The van der Waals surface area contributed by atoms with Gasteiger partial charge in [-0.05, 0) is 50.5 Å². The lowest BCUT2D eigenvalue weighted by Gasteiger charge is -2.16. The van der Waals surface area contributed by atoms with Gasteiger partial charge in [0.2, 0.25) is 10.0 Å². The molecule has 0 saturated carbocycles. The van der Waals surface area contributed by atoms with Gasteiger partial charge in [-0.15, -0.1) is 0 Å². The Morgan fingerprint density at radius 2 is 1.79 bits per heavy atom. The molecule has 174 valence electrons. The van der Waals surface area contributed by atoms with Crippen LogP contribution >= 0.6 is 0 Å². The number of nitrogens with zero attached hydrogens (tertiary/aromatic N) is 3. The van der Waals surface area contributed by atoms with Gasteiger partial charge in [0.05, 0.1) is 12.2 Å². The van der Waals surface area contributed by atoms with Crippen molar-refractivity contribution in [2.24, 2.45) is 0 Å². The van der Waals surface area contributed by atoms with Crippen molar-refractivity contribution in [3.63, 3.8) is 0 Å². The smallest absolute Gasteiger partial charge is 0.251 e. The summed E-state index contributed by atoms with van der Waals surface area (Å²) in [7, 11) is -3.97. The topological polar surface area (TPSA) is 84.3 Å². The number of hydrogen-bond donors (Lipinski definition) is 1. The second kappa shape index (κ2) is 9.44. The molecule has 2 heterocycles. The zero-order valence-electron chi connectivity index (χ0n) is 18.7. The summed E-state index contributed by atoms with van der Waals surface area (Å²) in [5.41, 5.74) is 3.86. The van der Waals surface area contributed by atoms with Gasteiger partial charge < -0.3 is 5.32 Å². The minimum Gasteiger partial charge on any atom is -0.348 e. The molecule has 9 heteroatoms. The molecule has 1 fully saturated rings. The molecule has 1 aromatic heterocycles. The number of amides is 1. The van der Waals surface area contributed by atoms with E-state index >= 15 is 0 Å². The van der Waals surface area contributed by atoms with Crippen molar-refractivity contribution in [3.8, 4) is 0 Å². The first kappa shape index (κ1) is 23.1. The second-order valence-corrected chi connectivity index (χ2v) is 10.1. The van der Waals surface area contributed by atoms with E-state index in [0.29, 0.717) is 19.6 Å². The number of nitrogens with one attached hydrogen (secondary N) is 1. The molecule has 1 saturated heterocycles. The second-order valence-electron chi connectivity index (χ2n) is 8.23. The van der Waals surface area contributed by atoms with Crippen LogP contribution in [0.1, 0.15) is 45.7 Å². The fourth-order valence-electron chi connectivity index (χ4n) is 4.08. The fourth-order valence-corrected chi connectivity index (χ4v) is 5.69. The Morgan fingerprint density at radius 3 is 2.48 bits per heavy atom. The van der Waals surface area contributed by atoms with E-state index in [1.165, 1.54) is 10.4 Å². The average molecular weight is 471 g/mol. The molecule has 0 spiro atoms. The molecule has 3 aromatic rings. The van der Waals surface area contributed by atoms with Crippen LogP contribution in [0, 0.1) is 19.7 Å². The Labute approximate surface area is 193 Å². The largest absolute Gasteiger partial charge is 0.348 e. The molecule has 0 radical (unpaired) electrons. The van der Waals surface area contributed by atoms with Crippen LogP contribution in [0.5, 0.6) is 0 Å². The highest BCUT2D eigenvalue weighted by atomic mass is 32.2. The third-order valence-corrected chi connectivity index (χ3v) is 7.92. The van der Waals surface area contributed by atoms with Gasteiger partial charge in [-0.1, -0.05) is 30.3 Å². The third-order valence-electron chi connectivity index (χ3n) is 6.01. The van der Waals surface area contributed by atoms with E-state index in [1.807, 2.05) is 48.9 Å². The Morgan fingerprint density at radius 1 is 1.09 bits per heavy atom. The van der Waals surface area contributed by atoms with Crippen LogP contribution in [-0.4, -0.2) is 41.5 Å². The van der Waals surface area contributed by atoms with E-state index in [2.05, 4.69) is 10.4 Å². The van der Waals surface area contributed by atoms with Crippen LogP contribution in [0.4, 0.5) is 4.39 Å². The van der Waals surface area contributed by atoms with E-state index in [9.17, 15) is 17.6 Å². The number of carbonyl (C=O) groups excluding carboxylic acids is 1. The lowest BCUT2D eigenvalue weighted by atomic mass is 10.1. The predicted molar refractivity (Wildman–Crippen MR) is 123 cm³/mol. The lowest BCUT2D eigenvalue weighted by Crippen LogP contribution is -2.29. The maximum atomic E-state index is 14.4. The molecule has 0 unspecified atom stereocenters. The van der Waals surface area contributed by atoms with Gasteiger partial charge in [0, 0.05) is 36.5 Å². The average Bonchev–Trinajstić information content (AvgIpc) is 3.43. The summed E-state index contributed by atoms with van der Waals surface area (Å²) in [5.74, 6) is -1.32. The molecule has 1 N–H and O–H groups in total. The minimum atomic E-state index is -3.97.